The second kappa shape index (κ2) is 11.2. The fourth-order valence-corrected chi connectivity index (χ4v) is 3.73. The van der Waals surface area contributed by atoms with E-state index >= 15 is 0 Å². The maximum Gasteiger partial charge on any atom is 0.333 e. The smallest absolute Gasteiger partial charge is 0.333 e. The Kier molecular flexibility index (Phi) is 8.91. The molecule has 1 aromatic carbocycles. The molecule has 0 atom stereocenters. The number of amides is 1. The van der Waals surface area contributed by atoms with Gasteiger partial charge in [0.05, 0.1) is 33.9 Å². The van der Waals surface area contributed by atoms with E-state index in [1.807, 2.05) is 0 Å². The average Bonchev–Trinajstić information content (AvgIpc) is 2.94. The van der Waals surface area contributed by atoms with E-state index in [4.69, 9.17) is 32.7 Å². The molecule has 29 heavy (non-hydrogen) atoms. The van der Waals surface area contributed by atoms with Crippen molar-refractivity contribution >= 4 is 58.6 Å². The fourth-order valence-electron chi connectivity index (χ4n) is 2.34. The topological polar surface area (TPSA) is 86.6 Å². The quantitative estimate of drug-likeness (QED) is 0.473. The first-order chi connectivity index (χ1) is 13.9. The molecule has 1 aromatic heterocycles. The predicted molar refractivity (Wildman–Crippen MR) is 114 cm³/mol. The van der Waals surface area contributed by atoms with Crippen molar-refractivity contribution in [1.82, 2.24) is 9.88 Å². The SMILES string of the molecule is CCOC(=O)C=c1sc(=Cc2cccc(Cl)c2Cl)c(=O)n1CC(=O)NCCOC. The van der Waals surface area contributed by atoms with E-state index < -0.39 is 11.5 Å². The zero-order chi connectivity index (χ0) is 21.4. The van der Waals surface area contributed by atoms with Crippen LogP contribution in [0.4, 0.5) is 0 Å². The van der Waals surface area contributed by atoms with E-state index in [9.17, 15) is 14.4 Å². The van der Waals surface area contributed by atoms with Crippen molar-refractivity contribution in [3.63, 3.8) is 0 Å². The van der Waals surface area contributed by atoms with Crippen LogP contribution in [0.15, 0.2) is 23.0 Å². The van der Waals surface area contributed by atoms with Crippen LogP contribution in [0.25, 0.3) is 12.2 Å². The molecule has 1 amide bonds. The largest absolute Gasteiger partial charge is 0.463 e. The lowest BCUT2D eigenvalue weighted by Gasteiger charge is -2.05. The number of methoxy groups -OCH3 is 1. The highest BCUT2D eigenvalue weighted by molar-refractivity contribution is 7.07. The number of ether oxygens (including phenoxy) is 2. The Labute approximate surface area is 181 Å². The zero-order valence-electron chi connectivity index (χ0n) is 15.9. The Balaban J connectivity index is 2.52. The summed E-state index contributed by atoms with van der Waals surface area (Å²) < 4.78 is 11.6. The lowest BCUT2D eigenvalue weighted by Crippen LogP contribution is -2.39. The standard InChI is InChI=1S/C19H20Cl2N2O5S/c1-3-28-17(25)10-16-23(11-15(24)22-7-8-27-2)19(26)14(29-16)9-12-5-4-6-13(20)18(12)21/h4-6,9-10H,3,7-8,11H2,1-2H3,(H,22,24). The summed E-state index contributed by atoms with van der Waals surface area (Å²) in [5.74, 6) is -0.984. The van der Waals surface area contributed by atoms with Gasteiger partial charge in [-0.2, -0.15) is 0 Å². The first-order valence-electron chi connectivity index (χ1n) is 8.66. The summed E-state index contributed by atoms with van der Waals surface area (Å²) >= 11 is 13.3. The van der Waals surface area contributed by atoms with Gasteiger partial charge in [-0.1, -0.05) is 35.3 Å². The summed E-state index contributed by atoms with van der Waals surface area (Å²) in [5.41, 5.74) is 0.125. The van der Waals surface area contributed by atoms with Crippen LogP contribution < -0.4 is 20.1 Å². The molecule has 1 heterocycles. The van der Waals surface area contributed by atoms with Crippen LogP contribution in [0.2, 0.25) is 10.0 Å². The number of carbonyl (C=O) groups is 2. The summed E-state index contributed by atoms with van der Waals surface area (Å²) in [6.45, 7) is 2.28. The van der Waals surface area contributed by atoms with Crippen molar-refractivity contribution in [2.75, 3.05) is 26.9 Å². The molecule has 0 spiro atoms. The number of hydrogen-bond acceptors (Lipinski definition) is 6. The van der Waals surface area contributed by atoms with Gasteiger partial charge in [0.15, 0.2) is 0 Å². The van der Waals surface area contributed by atoms with Crippen LogP contribution >= 0.6 is 34.5 Å². The molecule has 0 aliphatic heterocycles. The lowest BCUT2D eigenvalue weighted by molar-refractivity contribution is -0.135. The van der Waals surface area contributed by atoms with E-state index in [0.717, 1.165) is 11.3 Å². The Morgan fingerprint density at radius 1 is 1.31 bits per heavy atom. The number of benzene rings is 1. The molecule has 0 unspecified atom stereocenters. The van der Waals surface area contributed by atoms with Crippen molar-refractivity contribution in [2.45, 2.75) is 13.5 Å². The summed E-state index contributed by atoms with van der Waals surface area (Å²) in [7, 11) is 1.52. The molecular formula is C19H20Cl2N2O5S. The second-order valence-electron chi connectivity index (χ2n) is 5.72. The Morgan fingerprint density at radius 2 is 2.07 bits per heavy atom. The van der Waals surface area contributed by atoms with Gasteiger partial charge in [0.25, 0.3) is 5.56 Å². The normalized spacial score (nSPS) is 12.3. The minimum atomic E-state index is -0.602. The first-order valence-corrected chi connectivity index (χ1v) is 10.2. The highest BCUT2D eigenvalue weighted by atomic mass is 35.5. The Morgan fingerprint density at radius 3 is 2.76 bits per heavy atom. The maximum atomic E-state index is 12.9. The summed E-state index contributed by atoms with van der Waals surface area (Å²) in [6, 6.07) is 5.06. The van der Waals surface area contributed by atoms with Gasteiger partial charge in [0, 0.05) is 13.7 Å². The number of halogens is 2. The van der Waals surface area contributed by atoms with Crippen molar-refractivity contribution in [2.24, 2.45) is 0 Å². The fraction of sp³-hybridized carbons (Fsp3) is 0.316. The third-order valence-electron chi connectivity index (χ3n) is 3.66. The van der Waals surface area contributed by atoms with Gasteiger partial charge >= 0.3 is 5.97 Å². The van der Waals surface area contributed by atoms with E-state index in [-0.39, 0.29) is 19.1 Å². The van der Waals surface area contributed by atoms with Gasteiger partial charge in [0.1, 0.15) is 11.2 Å². The molecule has 0 fully saturated rings. The molecule has 7 nitrogen and oxygen atoms in total. The summed E-state index contributed by atoms with van der Waals surface area (Å²) in [6.07, 6.45) is 2.76. The molecular weight excluding hydrogens is 439 g/mol. The van der Waals surface area contributed by atoms with E-state index in [0.29, 0.717) is 38.0 Å². The van der Waals surface area contributed by atoms with Gasteiger partial charge in [0.2, 0.25) is 5.91 Å². The molecule has 0 aliphatic carbocycles. The molecule has 0 saturated heterocycles. The highest BCUT2D eigenvalue weighted by Gasteiger charge is 2.12. The average molecular weight is 459 g/mol. The predicted octanol–water partition coefficient (Wildman–Crippen LogP) is 1.15. The molecule has 0 aliphatic rings. The number of nitrogens with one attached hydrogen (secondary N) is 1. The zero-order valence-corrected chi connectivity index (χ0v) is 18.2. The summed E-state index contributed by atoms with van der Waals surface area (Å²) in [5, 5.41) is 3.30. The molecule has 156 valence electrons. The third-order valence-corrected chi connectivity index (χ3v) is 5.56. The maximum absolute atomic E-state index is 12.9. The van der Waals surface area contributed by atoms with Crippen LogP contribution in [0.5, 0.6) is 0 Å². The molecule has 0 saturated carbocycles. The van der Waals surface area contributed by atoms with Gasteiger partial charge in [-0.3, -0.25) is 14.2 Å². The lowest BCUT2D eigenvalue weighted by atomic mass is 10.2. The molecule has 10 heteroatoms. The molecule has 2 rings (SSSR count). The minimum Gasteiger partial charge on any atom is -0.463 e. The molecule has 2 aromatic rings. The highest BCUT2D eigenvalue weighted by Crippen LogP contribution is 2.25. The third kappa shape index (κ3) is 6.43. The number of thiazole rings is 1. The van der Waals surface area contributed by atoms with Crippen molar-refractivity contribution < 1.29 is 19.1 Å². The van der Waals surface area contributed by atoms with Gasteiger partial charge in [-0.25, -0.2) is 4.79 Å². The monoisotopic (exact) mass is 458 g/mol. The minimum absolute atomic E-state index is 0.194. The summed E-state index contributed by atoms with van der Waals surface area (Å²) in [4.78, 5) is 36.9. The Hall–Kier alpha value is -2.13. The van der Waals surface area contributed by atoms with Gasteiger partial charge in [-0.05, 0) is 24.6 Å². The molecule has 0 radical (unpaired) electrons. The number of aromatic nitrogens is 1. The van der Waals surface area contributed by atoms with Crippen LogP contribution in [0.1, 0.15) is 12.5 Å². The van der Waals surface area contributed by atoms with Crippen molar-refractivity contribution in [3.05, 3.63) is 53.4 Å². The molecule has 1 N–H and O–H groups in total. The second-order valence-corrected chi connectivity index (χ2v) is 7.57. The van der Waals surface area contributed by atoms with Crippen molar-refractivity contribution in [3.8, 4) is 0 Å². The van der Waals surface area contributed by atoms with Crippen LogP contribution in [-0.4, -0.2) is 43.3 Å². The van der Waals surface area contributed by atoms with E-state index in [1.54, 1.807) is 31.2 Å². The van der Waals surface area contributed by atoms with Crippen molar-refractivity contribution in [1.29, 1.82) is 0 Å². The number of hydrogen-bond donors (Lipinski definition) is 1. The Bertz CT molecular complexity index is 1060. The first kappa shape index (κ1) is 23.2. The van der Waals surface area contributed by atoms with Crippen LogP contribution in [-0.2, 0) is 25.6 Å². The number of carbonyl (C=O) groups excluding carboxylic acids is 2. The number of nitrogens with zero attached hydrogens (tertiary/aromatic N) is 1. The number of esters is 1. The van der Waals surface area contributed by atoms with E-state index in [2.05, 4.69) is 5.32 Å². The van der Waals surface area contributed by atoms with Gasteiger partial charge < -0.3 is 14.8 Å². The van der Waals surface area contributed by atoms with Crippen LogP contribution in [0.3, 0.4) is 0 Å². The van der Waals surface area contributed by atoms with Gasteiger partial charge in [-0.15, -0.1) is 11.3 Å². The van der Waals surface area contributed by atoms with Crippen LogP contribution in [0, 0.1) is 0 Å². The molecule has 0 bridgehead atoms. The number of rotatable bonds is 8. The van der Waals surface area contributed by atoms with E-state index in [1.165, 1.54) is 17.8 Å².